The number of rotatable bonds is 9. The Morgan fingerprint density at radius 3 is 2.62 bits per heavy atom. The molecule has 1 saturated heterocycles. The van der Waals surface area contributed by atoms with E-state index in [0.717, 1.165) is 0 Å². The summed E-state index contributed by atoms with van der Waals surface area (Å²) in [6.07, 6.45) is -0.320. The van der Waals surface area contributed by atoms with Gasteiger partial charge in [-0.05, 0) is 56.9 Å². The largest absolute Gasteiger partial charge is 0.393 e. The van der Waals surface area contributed by atoms with Gasteiger partial charge in [0.1, 0.15) is 11.9 Å². The molecule has 2 fully saturated rings. The minimum absolute atomic E-state index is 0.119. The number of nitrogens with one attached hydrogen (secondary N) is 2. The van der Waals surface area contributed by atoms with Gasteiger partial charge in [-0.2, -0.15) is 23.4 Å². The summed E-state index contributed by atoms with van der Waals surface area (Å²) >= 11 is 0. The predicted molar refractivity (Wildman–Crippen MR) is 159 cm³/mol. The highest BCUT2D eigenvalue weighted by Gasteiger charge is 2.45. The second-order valence-corrected chi connectivity index (χ2v) is 12.8. The Hall–Kier alpha value is -4.18. The van der Waals surface area contributed by atoms with Crippen molar-refractivity contribution in [3.05, 3.63) is 53.5 Å². The number of hydrogen-bond donors (Lipinski definition) is 2. The number of nitrogens with zero attached hydrogens (tertiary/aromatic N) is 7. The van der Waals surface area contributed by atoms with Crippen LogP contribution < -0.4 is 10.6 Å². The van der Waals surface area contributed by atoms with E-state index in [9.17, 15) is 35.9 Å². The van der Waals surface area contributed by atoms with Crippen LogP contribution in [0.15, 0.2) is 30.7 Å². The molecule has 3 aromatic heterocycles. The molecule has 11 nitrogen and oxygen atoms in total. The van der Waals surface area contributed by atoms with Gasteiger partial charge >= 0.3 is 6.18 Å². The third-order valence-corrected chi connectivity index (χ3v) is 9.49. The van der Waals surface area contributed by atoms with Crippen molar-refractivity contribution in [2.24, 2.45) is 17.8 Å². The quantitative estimate of drug-likeness (QED) is 0.318. The van der Waals surface area contributed by atoms with Crippen molar-refractivity contribution in [1.82, 2.24) is 44.9 Å². The Bertz CT molecular complexity index is 1660. The Balaban J connectivity index is 1.35. The molecule has 6 rings (SSSR count). The summed E-state index contributed by atoms with van der Waals surface area (Å²) in [6.45, 7) is 2.27. The molecule has 0 spiro atoms. The fraction of sp³-hybridized carbons (Fsp3) is 0.613. The molecule has 1 unspecified atom stereocenters. The number of hydrogen-bond acceptors (Lipinski definition) is 7. The van der Waals surface area contributed by atoms with Gasteiger partial charge in [-0.3, -0.25) is 14.3 Å². The number of amides is 2. The lowest BCUT2D eigenvalue weighted by atomic mass is 9.81. The lowest BCUT2D eigenvalue weighted by Gasteiger charge is -2.33. The molecular formula is C31H37F6N9O2. The number of allylic oxidation sites excluding steroid dienone is 1. The van der Waals surface area contributed by atoms with Crippen LogP contribution in [-0.2, 0) is 24.3 Å². The smallest absolute Gasteiger partial charge is 0.372 e. The first-order valence-corrected chi connectivity index (χ1v) is 16.2. The molecule has 0 bridgehead atoms. The monoisotopic (exact) mass is 681 g/mol. The summed E-state index contributed by atoms with van der Waals surface area (Å²) < 4.78 is 85.7. The van der Waals surface area contributed by atoms with Crippen molar-refractivity contribution >= 4 is 17.6 Å². The normalized spacial score (nSPS) is 24.1. The number of halogens is 6. The van der Waals surface area contributed by atoms with Crippen molar-refractivity contribution in [2.75, 3.05) is 13.1 Å². The van der Waals surface area contributed by atoms with E-state index >= 15 is 0 Å². The molecule has 0 aromatic carbocycles. The molecule has 0 radical (unpaired) electrons. The molecule has 17 heteroatoms. The Kier molecular flexibility index (Phi) is 9.40. The molecule has 48 heavy (non-hydrogen) atoms. The van der Waals surface area contributed by atoms with Gasteiger partial charge < -0.3 is 15.5 Å². The number of aromatic nitrogens is 6. The van der Waals surface area contributed by atoms with Crippen LogP contribution >= 0.6 is 0 Å². The Morgan fingerprint density at radius 1 is 1.17 bits per heavy atom. The highest BCUT2D eigenvalue weighted by molar-refractivity contribution is 5.92. The highest BCUT2D eigenvalue weighted by Crippen LogP contribution is 2.41. The fourth-order valence-electron chi connectivity index (χ4n) is 6.72. The summed E-state index contributed by atoms with van der Waals surface area (Å²) in [5.41, 5.74) is 1.25. The number of alkyl halides is 6. The van der Waals surface area contributed by atoms with Gasteiger partial charge in [0.25, 0.3) is 11.7 Å². The third-order valence-electron chi connectivity index (χ3n) is 9.49. The number of carbonyl (C=O) groups is 2. The molecule has 1 aliphatic carbocycles. The summed E-state index contributed by atoms with van der Waals surface area (Å²) in [7, 11) is 0. The van der Waals surface area contributed by atoms with Gasteiger partial charge in [-0.1, -0.05) is 0 Å². The molecule has 1 saturated carbocycles. The van der Waals surface area contributed by atoms with Gasteiger partial charge in [0.15, 0.2) is 0 Å². The van der Waals surface area contributed by atoms with E-state index in [2.05, 4.69) is 25.8 Å². The average Bonchev–Trinajstić information content (AvgIpc) is 3.69. The zero-order valence-electron chi connectivity index (χ0n) is 26.3. The van der Waals surface area contributed by atoms with Gasteiger partial charge in [0, 0.05) is 51.0 Å². The number of carbonyl (C=O) groups excluding carboxylic acids is 2. The average molecular weight is 682 g/mol. The van der Waals surface area contributed by atoms with Crippen molar-refractivity contribution in [2.45, 2.75) is 89.3 Å². The molecule has 260 valence electrons. The van der Waals surface area contributed by atoms with Crippen molar-refractivity contribution in [1.29, 1.82) is 0 Å². The van der Waals surface area contributed by atoms with Gasteiger partial charge in [0.05, 0.1) is 41.8 Å². The van der Waals surface area contributed by atoms with Gasteiger partial charge in [-0.25, -0.2) is 27.7 Å². The first-order chi connectivity index (χ1) is 22.8. The Labute approximate surface area is 272 Å². The predicted octanol–water partition coefficient (Wildman–Crippen LogP) is 4.55. The zero-order chi connectivity index (χ0) is 34.2. The van der Waals surface area contributed by atoms with Crippen molar-refractivity contribution in [3.8, 4) is 0 Å². The van der Waals surface area contributed by atoms with E-state index in [1.165, 1.54) is 27.7 Å². The van der Waals surface area contributed by atoms with E-state index in [1.54, 1.807) is 17.2 Å². The van der Waals surface area contributed by atoms with Crippen LogP contribution in [0.3, 0.4) is 0 Å². The SMILES string of the molecule is CCn1nccc1C(=O)N[C@H](c1cn2nc(C[C@H]3C[C@@H](C(F)(F)F)CNC3=O)c(CN3C=CC(F)CC3)nc2n1)C1CCC(F)(F)CC1. The van der Waals surface area contributed by atoms with Crippen molar-refractivity contribution < 1.29 is 35.9 Å². The third kappa shape index (κ3) is 7.43. The summed E-state index contributed by atoms with van der Waals surface area (Å²) in [4.78, 5) is 37.3. The van der Waals surface area contributed by atoms with Crippen LogP contribution in [0.5, 0.6) is 0 Å². The summed E-state index contributed by atoms with van der Waals surface area (Å²) in [5, 5.41) is 14.1. The Morgan fingerprint density at radius 2 is 1.94 bits per heavy atom. The molecule has 2 N–H and O–H groups in total. The maximum atomic E-state index is 14.1. The van der Waals surface area contributed by atoms with Gasteiger partial charge in [0.2, 0.25) is 11.8 Å². The standard InChI is InChI=1S/C31H37F6N9O2/c1-2-45-25(5-10-39-45)28(48)42-26(18-3-8-30(33,34)9-4-18)24-17-46-29(41-24)40-23(16-44-11-6-21(32)7-12-44)22(43-46)14-19-13-20(31(35,36)37)15-38-27(19)47/h5-6,10-11,17-21,26H,2-4,7-9,12-16H2,1H3,(H,38,47)(H,42,48)/t19-,20-,21?,26+/m1/s1. The van der Waals surface area contributed by atoms with E-state index in [-0.39, 0.29) is 62.5 Å². The molecule has 4 atom stereocenters. The second kappa shape index (κ2) is 13.4. The first kappa shape index (κ1) is 33.7. The van der Waals surface area contributed by atoms with Crippen molar-refractivity contribution in [3.63, 3.8) is 0 Å². The van der Waals surface area contributed by atoms with E-state index in [1.807, 2.05) is 6.92 Å². The highest BCUT2D eigenvalue weighted by atomic mass is 19.4. The lowest BCUT2D eigenvalue weighted by Crippen LogP contribution is -2.47. The van der Waals surface area contributed by atoms with E-state index in [4.69, 9.17) is 4.98 Å². The number of fused-ring (bicyclic) bond motifs is 1. The maximum Gasteiger partial charge on any atom is 0.393 e. The first-order valence-electron chi connectivity index (χ1n) is 16.2. The second-order valence-electron chi connectivity index (χ2n) is 12.8. The van der Waals surface area contributed by atoms with E-state index < -0.39 is 60.9 Å². The molecule has 2 amide bonds. The number of piperidine rings is 1. The molecule has 3 aliphatic rings. The maximum absolute atomic E-state index is 14.1. The summed E-state index contributed by atoms with van der Waals surface area (Å²) in [6, 6.07) is 0.772. The molecule has 5 heterocycles. The van der Waals surface area contributed by atoms with E-state index in [0.29, 0.717) is 30.2 Å². The lowest BCUT2D eigenvalue weighted by molar-refractivity contribution is -0.183. The fourth-order valence-corrected chi connectivity index (χ4v) is 6.72. The molecular weight excluding hydrogens is 644 g/mol. The zero-order valence-corrected chi connectivity index (χ0v) is 26.3. The minimum Gasteiger partial charge on any atom is -0.372 e. The number of imidazole rings is 1. The topological polar surface area (TPSA) is 122 Å². The van der Waals surface area contributed by atoms with Crippen LogP contribution in [0.25, 0.3) is 5.78 Å². The minimum atomic E-state index is -4.48. The van der Waals surface area contributed by atoms with Crippen LogP contribution in [-0.4, -0.2) is 77.4 Å². The van der Waals surface area contributed by atoms with Gasteiger partial charge in [-0.15, -0.1) is 0 Å². The number of aryl methyl sites for hydroxylation is 1. The molecule has 2 aliphatic heterocycles. The van der Waals surface area contributed by atoms with Crippen LogP contribution in [0.4, 0.5) is 26.3 Å². The van der Waals surface area contributed by atoms with Crippen LogP contribution in [0, 0.1) is 17.8 Å². The molecule has 3 aromatic rings. The van der Waals surface area contributed by atoms with Crippen LogP contribution in [0.1, 0.15) is 79.1 Å². The summed E-state index contributed by atoms with van der Waals surface area (Å²) in [5.74, 6) is -6.77. The van der Waals surface area contributed by atoms with Crippen LogP contribution in [0.2, 0.25) is 0 Å².